The van der Waals surface area contributed by atoms with Crippen LogP contribution >= 0.6 is 0 Å². The normalized spacial score (nSPS) is 10.2. The highest BCUT2D eigenvalue weighted by atomic mass is 16.5. The highest BCUT2D eigenvalue weighted by molar-refractivity contribution is 6.03. The number of amides is 1. The molecule has 0 fully saturated rings. The molecule has 1 heterocycles. The number of nitrogens with one attached hydrogen (secondary N) is 1. The molecular formula is C13H12N2O4. The van der Waals surface area contributed by atoms with Crippen LogP contribution in [0.2, 0.25) is 0 Å². The Morgan fingerprint density at radius 2 is 2.00 bits per heavy atom. The topological polar surface area (TPSA) is 92.4 Å². The number of aryl methyl sites for hydroxylation is 2. The lowest BCUT2D eigenvalue weighted by atomic mass is 10.1. The molecule has 1 aromatic carbocycles. The lowest BCUT2D eigenvalue weighted by Crippen LogP contribution is -2.12. The van der Waals surface area contributed by atoms with E-state index >= 15 is 0 Å². The van der Waals surface area contributed by atoms with Crippen molar-refractivity contribution in [3.8, 4) is 0 Å². The van der Waals surface area contributed by atoms with Crippen LogP contribution in [0, 0.1) is 13.8 Å². The Kier molecular flexibility index (Phi) is 3.33. The van der Waals surface area contributed by atoms with Crippen LogP contribution in [0.5, 0.6) is 0 Å². The Morgan fingerprint density at radius 3 is 2.53 bits per heavy atom. The van der Waals surface area contributed by atoms with Crippen molar-refractivity contribution < 1.29 is 19.2 Å². The largest absolute Gasteiger partial charge is 0.478 e. The molecule has 0 unspecified atom stereocenters. The molecule has 2 N–H and O–H groups in total. The predicted molar refractivity (Wildman–Crippen MR) is 67.3 cm³/mol. The average Bonchev–Trinajstić information content (AvgIpc) is 2.75. The maximum Gasteiger partial charge on any atom is 0.335 e. The summed E-state index contributed by atoms with van der Waals surface area (Å²) < 4.78 is 4.83. The first kappa shape index (κ1) is 12.8. The van der Waals surface area contributed by atoms with E-state index in [1.165, 1.54) is 18.3 Å². The van der Waals surface area contributed by atoms with Gasteiger partial charge in [-0.25, -0.2) is 4.79 Å². The van der Waals surface area contributed by atoms with Crippen LogP contribution in [0.3, 0.4) is 0 Å². The first-order valence-electron chi connectivity index (χ1n) is 5.55. The van der Waals surface area contributed by atoms with Gasteiger partial charge in [-0.05, 0) is 37.6 Å². The number of carbonyl (C=O) groups is 2. The Hall–Kier alpha value is -2.63. The summed E-state index contributed by atoms with van der Waals surface area (Å²) in [6, 6.07) is 4.56. The molecule has 0 bridgehead atoms. The fourth-order valence-electron chi connectivity index (χ4n) is 1.68. The molecule has 0 spiro atoms. The van der Waals surface area contributed by atoms with Gasteiger partial charge in [0, 0.05) is 11.3 Å². The van der Waals surface area contributed by atoms with Gasteiger partial charge in [-0.15, -0.1) is 0 Å². The molecule has 0 aliphatic heterocycles. The standard InChI is InChI=1S/C13H12N2O4/c1-7-5-9(3-4-10(7)13(17)18)15-12(16)11-8(2)6-14-19-11/h3-6H,1-2H3,(H,15,16)(H,17,18). The maximum absolute atomic E-state index is 11.9. The summed E-state index contributed by atoms with van der Waals surface area (Å²) in [7, 11) is 0. The minimum absolute atomic E-state index is 0.139. The van der Waals surface area contributed by atoms with Gasteiger partial charge in [0.1, 0.15) is 0 Å². The second kappa shape index (κ2) is 4.93. The van der Waals surface area contributed by atoms with Crippen molar-refractivity contribution in [2.75, 3.05) is 5.32 Å². The van der Waals surface area contributed by atoms with Crippen LogP contribution in [0.15, 0.2) is 28.9 Å². The van der Waals surface area contributed by atoms with Gasteiger partial charge in [-0.3, -0.25) is 4.79 Å². The van der Waals surface area contributed by atoms with E-state index in [-0.39, 0.29) is 11.3 Å². The SMILES string of the molecule is Cc1cc(NC(=O)c2oncc2C)ccc1C(=O)O. The van der Waals surface area contributed by atoms with Crippen LogP contribution < -0.4 is 5.32 Å². The van der Waals surface area contributed by atoms with Crippen molar-refractivity contribution in [1.29, 1.82) is 0 Å². The molecule has 19 heavy (non-hydrogen) atoms. The van der Waals surface area contributed by atoms with Crippen LogP contribution in [0.4, 0.5) is 5.69 Å². The molecular weight excluding hydrogens is 248 g/mol. The second-order valence-corrected chi connectivity index (χ2v) is 4.13. The highest BCUT2D eigenvalue weighted by Gasteiger charge is 2.15. The Balaban J connectivity index is 2.21. The van der Waals surface area contributed by atoms with E-state index in [9.17, 15) is 9.59 Å². The molecule has 0 saturated heterocycles. The molecule has 2 aromatic rings. The smallest absolute Gasteiger partial charge is 0.335 e. The summed E-state index contributed by atoms with van der Waals surface area (Å²) in [5.74, 6) is -1.28. The fraction of sp³-hybridized carbons (Fsp3) is 0.154. The summed E-state index contributed by atoms with van der Waals surface area (Å²) in [4.78, 5) is 22.7. The summed E-state index contributed by atoms with van der Waals surface area (Å²) >= 11 is 0. The molecule has 0 aliphatic rings. The van der Waals surface area contributed by atoms with E-state index < -0.39 is 11.9 Å². The van der Waals surface area contributed by atoms with Crippen LogP contribution in [0.1, 0.15) is 32.0 Å². The molecule has 0 saturated carbocycles. The van der Waals surface area contributed by atoms with Gasteiger partial charge in [-0.2, -0.15) is 0 Å². The van der Waals surface area contributed by atoms with Crippen LogP contribution in [-0.4, -0.2) is 22.1 Å². The lowest BCUT2D eigenvalue weighted by molar-refractivity contribution is 0.0696. The number of carboxylic acid groups (broad SMARTS) is 1. The Morgan fingerprint density at radius 1 is 1.26 bits per heavy atom. The first-order valence-corrected chi connectivity index (χ1v) is 5.55. The molecule has 98 valence electrons. The molecule has 2 rings (SSSR count). The van der Waals surface area contributed by atoms with Crippen molar-refractivity contribution in [3.05, 3.63) is 46.8 Å². The first-order chi connectivity index (χ1) is 8.99. The van der Waals surface area contributed by atoms with E-state index in [1.807, 2.05) is 0 Å². The zero-order chi connectivity index (χ0) is 14.0. The molecule has 0 aliphatic carbocycles. The van der Waals surface area contributed by atoms with E-state index in [0.29, 0.717) is 16.8 Å². The summed E-state index contributed by atoms with van der Waals surface area (Å²) in [6.45, 7) is 3.38. The number of carbonyl (C=O) groups excluding carboxylic acids is 1. The van der Waals surface area contributed by atoms with Gasteiger partial charge in [0.05, 0.1) is 11.8 Å². The predicted octanol–water partition coefficient (Wildman–Crippen LogP) is 2.24. The molecule has 0 radical (unpaired) electrons. The third kappa shape index (κ3) is 2.62. The summed E-state index contributed by atoms with van der Waals surface area (Å²) in [5.41, 5.74) is 1.91. The van der Waals surface area contributed by atoms with Gasteiger partial charge >= 0.3 is 5.97 Å². The van der Waals surface area contributed by atoms with E-state index in [0.717, 1.165) is 0 Å². The van der Waals surface area contributed by atoms with E-state index in [2.05, 4.69) is 10.5 Å². The van der Waals surface area contributed by atoms with E-state index in [4.69, 9.17) is 9.63 Å². The average molecular weight is 260 g/mol. The maximum atomic E-state index is 11.9. The van der Waals surface area contributed by atoms with Crippen molar-refractivity contribution in [2.45, 2.75) is 13.8 Å². The molecule has 1 aromatic heterocycles. The van der Waals surface area contributed by atoms with Gasteiger partial charge < -0.3 is 14.9 Å². The van der Waals surface area contributed by atoms with E-state index in [1.54, 1.807) is 19.9 Å². The number of hydrogen-bond donors (Lipinski definition) is 2. The number of rotatable bonds is 3. The van der Waals surface area contributed by atoms with Crippen molar-refractivity contribution >= 4 is 17.6 Å². The van der Waals surface area contributed by atoms with Crippen molar-refractivity contribution in [3.63, 3.8) is 0 Å². The van der Waals surface area contributed by atoms with Gasteiger partial charge in [-0.1, -0.05) is 5.16 Å². The number of aromatic carboxylic acids is 1. The lowest BCUT2D eigenvalue weighted by Gasteiger charge is -2.06. The number of aromatic nitrogens is 1. The quantitative estimate of drug-likeness (QED) is 0.882. The summed E-state index contributed by atoms with van der Waals surface area (Å²) in [5, 5.41) is 15.1. The van der Waals surface area contributed by atoms with Crippen LogP contribution in [-0.2, 0) is 0 Å². The number of benzene rings is 1. The number of nitrogens with zero attached hydrogens (tertiary/aromatic N) is 1. The second-order valence-electron chi connectivity index (χ2n) is 4.13. The zero-order valence-corrected chi connectivity index (χ0v) is 10.4. The monoisotopic (exact) mass is 260 g/mol. The van der Waals surface area contributed by atoms with Crippen LogP contribution in [0.25, 0.3) is 0 Å². The fourth-order valence-corrected chi connectivity index (χ4v) is 1.68. The van der Waals surface area contributed by atoms with Gasteiger partial charge in [0.2, 0.25) is 5.76 Å². The number of hydrogen-bond acceptors (Lipinski definition) is 4. The van der Waals surface area contributed by atoms with Gasteiger partial charge in [0.25, 0.3) is 5.91 Å². The minimum atomic E-state index is -0.999. The minimum Gasteiger partial charge on any atom is -0.478 e. The molecule has 6 heteroatoms. The van der Waals surface area contributed by atoms with Gasteiger partial charge in [0.15, 0.2) is 0 Å². The Labute approximate surface area is 109 Å². The zero-order valence-electron chi connectivity index (χ0n) is 10.4. The summed E-state index contributed by atoms with van der Waals surface area (Å²) in [6.07, 6.45) is 1.45. The van der Waals surface area contributed by atoms with Crippen molar-refractivity contribution in [1.82, 2.24) is 5.16 Å². The third-order valence-electron chi connectivity index (χ3n) is 2.67. The highest BCUT2D eigenvalue weighted by Crippen LogP contribution is 2.17. The molecule has 1 amide bonds. The third-order valence-corrected chi connectivity index (χ3v) is 2.67. The van der Waals surface area contributed by atoms with Crippen molar-refractivity contribution in [2.24, 2.45) is 0 Å². The Bertz CT molecular complexity index is 646. The molecule has 6 nitrogen and oxygen atoms in total. The number of anilines is 1. The number of carboxylic acids is 1. The molecule has 0 atom stereocenters.